The van der Waals surface area contributed by atoms with E-state index in [1.54, 1.807) is 37.7 Å². The number of methoxy groups -OCH3 is 1. The largest absolute Gasteiger partial charge is 0.496 e. The number of nitrogens with zero attached hydrogens (tertiary/aromatic N) is 4. The SMILES string of the molecule is COc1[c]cc2ncnc(Nc3cnn(CC(=O)Nc4cccc(F)c4)c3)c2c1. The predicted octanol–water partition coefficient (Wildman–Crippen LogP) is 3.16. The molecule has 0 unspecified atom stereocenters. The second-order valence-electron chi connectivity index (χ2n) is 6.13. The topological polar surface area (TPSA) is 94.0 Å². The molecule has 29 heavy (non-hydrogen) atoms. The highest BCUT2D eigenvalue weighted by Crippen LogP contribution is 2.26. The second kappa shape index (κ2) is 7.93. The highest BCUT2D eigenvalue weighted by atomic mass is 19.1. The summed E-state index contributed by atoms with van der Waals surface area (Å²) in [4.78, 5) is 20.6. The molecule has 9 heteroatoms. The molecule has 2 N–H and O–H groups in total. The van der Waals surface area contributed by atoms with E-state index in [4.69, 9.17) is 4.74 Å². The molecule has 145 valence electrons. The Kier molecular flexibility index (Phi) is 5.02. The van der Waals surface area contributed by atoms with Crippen molar-refractivity contribution < 1.29 is 13.9 Å². The predicted molar refractivity (Wildman–Crippen MR) is 105 cm³/mol. The van der Waals surface area contributed by atoms with E-state index >= 15 is 0 Å². The first-order valence-electron chi connectivity index (χ1n) is 8.66. The van der Waals surface area contributed by atoms with Gasteiger partial charge in [0.2, 0.25) is 5.91 Å². The molecule has 0 saturated carbocycles. The lowest BCUT2D eigenvalue weighted by molar-refractivity contribution is -0.116. The average molecular weight is 391 g/mol. The van der Waals surface area contributed by atoms with Gasteiger partial charge < -0.3 is 15.4 Å². The Balaban J connectivity index is 1.47. The monoisotopic (exact) mass is 391 g/mol. The van der Waals surface area contributed by atoms with Gasteiger partial charge in [-0.15, -0.1) is 0 Å². The Morgan fingerprint density at radius 1 is 1.28 bits per heavy atom. The van der Waals surface area contributed by atoms with Crippen molar-refractivity contribution in [3.63, 3.8) is 0 Å². The quantitative estimate of drug-likeness (QED) is 0.524. The summed E-state index contributed by atoms with van der Waals surface area (Å²) >= 11 is 0. The Labute approximate surface area is 165 Å². The smallest absolute Gasteiger partial charge is 0.246 e. The number of halogens is 1. The molecule has 0 spiro atoms. The van der Waals surface area contributed by atoms with Crippen molar-refractivity contribution in [2.75, 3.05) is 17.7 Å². The minimum atomic E-state index is -0.417. The van der Waals surface area contributed by atoms with Gasteiger partial charge in [0, 0.05) is 23.3 Å². The summed E-state index contributed by atoms with van der Waals surface area (Å²) in [6.07, 6.45) is 4.70. The molecule has 4 aromatic rings. The van der Waals surface area contributed by atoms with E-state index in [2.05, 4.69) is 31.8 Å². The summed E-state index contributed by atoms with van der Waals surface area (Å²) in [5.41, 5.74) is 1.75. The zero-order valence-electron chi connectivity index (χ0n) is 15.4. The minimum Gasteiger partial charge on any atom is -0.496 e. The van der Waals surface area contributed by atoms with Gasteiger partial charge in [0.1, 0.15) is 30.3 Å². The molecule has 1 amide bonds. The molecule has 1 radical (unpaired) electrons. The van der Waals surface area contributed by atoms with Crippen molar-refractivity contribution in [3.05, 3.63) is 67.0 Å². The van der Waals surface area contributed by atoms with Crippen molar-refractivity contribution in [1.29, 1.82) is 0 Å². The Bertz CT molecular complexity index is 1180. The van der Waals surface area contributed by atoms with Crippen LogP contribution in [0.4, 0.5) is 21.6 Å². The number of nitrogens with one attached hydrogen (secondary N) is 2. The number of anilines is 3. The average Bonchev–Trinajstić information content (AvgIpc) is 3.14. The number of ether oxygens (including phenoxy) is 1. The van der Waals surface area contributed by atoms with E-state index in [9.17, 15) is 9.18 Å². The second-order valence-corrected chi connectivity index (χ2v) is 6.13. The first kappa shape index (κ1) is 18.4. The number of hydrogen-bond donors (Lipinski definition) is 2. The van der Waals surface area contributed by atoms with Gasteiger partial charge in [-0.25, -0.2) is 14.4 Å². The fourth-order valence-electron chi connectivity index (χ4n) is 2.76. The van der Waals surface area contributed by atoms with Crippen molar-refractivity contribution in [2.45, 2.75) is 6.54 Å². The van der Waals surface area contributed by atoms with Gasteiger partial charge in [0.25, 0.3) is 0 Å². The molecule has 2 aromatic heterocycles. The number of rotatable bonds is 6. The van der Waals surface area contributed by atoms with Crippen LogP contribution in [0, 0.1) is 11.9 Å². The standard InChI is InChI=1S/C20H16FN6O2/c1-29-16-5-6-18-17(8-16)20(23-12-22-18)26-15-9-24-27(10-15)11-19(28)25-14-4-2-3-13(21)7-14/h2-4,6-10,12H,11H2,1H3,(H,25,28)(H,22,23,26). The fourth-order valence-corrected chi connectivity index (χ4v) is 2.76. The normalized spacial score (nSPS) is 10.7. The molecule has 0 aliphatic heterocycles. The van der Waals surface area contributed by atoms with Crippen LogP contribution in [0.15, 0.2) is 55.1 Å². The summed E-state index contributed by atoms with van der Waals surface area (Å²) in [6, 6.07) is 12.2. The minimum absolute atomic E-state index is 0.0223. The fraction of sp³-hybridized carbons (Fsp3) is 0.100. The highest BCUT2D eigenvalue weighted by Gasteiger charge is 2.09. The molecular formula is C20H16FN6O2. The number of carbonyl (C=O) groups is 1. The summed E-state index contributed by atoms with van der Waals surface area (Å²) in [6.45, 7) is -0.0223. The Hall–Kier alpha value is -4.01. The molecule has 2 aromatic carbocycles. The highest BCUT2D eigenvalue weighted by molar-refractivity contribution is 5.92. The van der Waals surface area contributed by atoms with E-state index < -0.39 is 5.82 Å². The molecule has 0 aliphatic carbocycles. The van der Waals surface area contributed by atoms with Crippen LogP contribution in [0.25, 0.3) is 10.9 Å². The van der Waals surface area contributed by atoms with E-state index in [0.29, 0.717) is 28.5 Å². The summed E-state index contributed by atoms with van der Waals surface area (Å²) in [5.74, 6) is 0.406. The zero-order valence-corrected chi connectivity index (χ0v) is 15.4. The van der Waals surface area contributed by atoms with Crippen LogP contribution in [-0.4, -0.2) is 32.8 Å². The van der Waals surface area contributed by atoms with Gasteiger partial charge in [-0.1, -0.05) is 6.07 Å². The van der Waals surface area contributed by atoms with Gasteiger partial charge in [-0.05, 0) is 30.3 Å². The maximum atomic E-state index is 13.2. The number of carbonyl (C=O) groups excluding carboxylic acids is 1. The van der Waals surface area contributed by atoms with Crippen LogP contribution >= 0.6 is 0 Å². The van der Waals surface area contributed by atoms with E-state index in [1.807, 2.05) is 0 Å². The Morgan fingerprint density at radius 3 is 3.00 bits per heavy atom. The third-order valence-corrected chi connectivity index (χ3v) is 4.07. The lowest BCUT2D eigenvalue weighted by atomic mass is 10.2. The van der Waals surface area contributed by atoms with Crippen LogP contribution in [0.1, 0.15) is 0 Å². The van der Waals surface area contributed by atoms with Crippen molar-refractivity contribution in [3.8, 4) is 5.75 Å². The van der Waals surface area contributed by atoms with Crippen molar-refractivity contribution >= 4 is 34.0 Å². The first-order valence-corrected chi connectivity index (χ1v) is 8.66. The summed E-state index contributed by atoms with van der Waals surface area (Å²) in [5, 5.41) is 10.7. The zero-order chi connectivity index (χ0) is 20.2. The van der Waals surface area contributed by atoms with Crippen molar-refractivity contribution in [2.24, 2.45) is 0 Å². The van der Waals surface area contributed by atoms with E-state index in [0.717, 1.165) is 5.39 Å². The molecule has 0 bridgehead atoms. The Morgan fingerprint density at radius 2 is 2.17 bits per heavy atom. The molecule has 0 fully saturated rings. The van der Waals surface area contributed by atoms with Crippen LogP contribution in [-0.2, 0) is 11.3 Å². The lowest BCUT2D eigenvalue weighted by Crippen LogP contribution is -2.19. The molecule has 2 heterocycles. The molecule has 4 rings (SSSR count). The molecule has 0 atom stereocenters. The number of benzene rings is 2. The number of fused-ring (bicyclic) bond motifs is 1. The number of amides is 1. The number of aromatic nitrogens is 4. The van der Waals surface area contributed by atoms with Crippen LogP contribution in [0.3, 0.4) is 0 Å². The molecule has 8 nitrogen and oxygen atoms in total. The van der Waals surface area contributed by atoms with Crippen molar-refractivity contribution in [1.82, 2.24) is 19.7 Å². The van der Waals surface area contributed by atoms with Gasteiger partial charge in [0.15, 0.2) is 0 Å². The van der Waals surface area contributed by atoms with Crippen LogP contribution < -0.4 is 15.4 Å². The summed E-state index contributed by atoms with van der Waals surface area (Å²) < 4.78 is 19.9. The number of hydrogen-bond acceptors (Lipinski definition) is 6. The molecule has 0 saturated heterocycles. The first-order chi connectivity index (χ1) is 14.1. The maximum Gasteiger partial charge on any atom is 0.246 e. The van der Waals surface area contributed by atoms with Crippen LogP contribution in [0.2, 0.25) is 0 Å². The third kappa shape index (κ3) is 4.29. The summed E-state index contributed by atoms with van der Waals surface area (Å²) in [7, 11) is 1.56. The van der Waals surface area contributed by atoms with Gasteiger partial charge in [-0.3, -0.25) is 9.48 Å². The van der Waals surface area contributed by atoms with Gasteiger partial charge >= 0.3 is 0 Å². The van der Waals surface area contributed by atoms with E-state index in [-0.39, 0.29) is 12.5 Å². The van der Waals surface area contributed by atoms with Crippen LogP contribution in [0.5, 0.6) is 5.75 Å². The van der Waals surface area contributed by atoms with E-state index in [1.165, 1.54) is 29.2 Å². The molecule has 0 aliphatic rings. The maximum absolute atomic E-state index is 13.2. The lowest BCUT2D eigenvalue weighted by Gasteiger charge is -2.07. The molecular weight excluding hydrogens is 375 g/mol. The van der Waals surface area contributed by atoms with Gasteiger partial charge in [0.05, 0.1) is 24.5 Å². The third-order valence-electron chi connectivity index (χ3n) is 4.07. The van der Waals surface area contributed by atoms with Gasteiger partial charge in [-0.2, -0.15) is 5.10 Å².